The van der Waals surface area contributed by atoms with E-state index < -0.39 is 0 Å². The molecule has 2 amide bonds. The molecule has 0 aromatic rings. The van der Waals surface area contributed by atoms with Crippen LogP contribution in [0.2, 0.25) is 0 Å². The number of rotatable bonds is 15. The van der Waals surface area contributed by atoms with Crippen LogP contribution >= 0.6 is 0 Å². The number of allylic oxidation sites excluding steroid dienone is 2. The summed E-state index contributed by atoms with van der Waals surface area (Å²) in [5, 5.41) is 0. The molecule has 4 N–H and O–H groups in total. The van der Waals surface area contributed by atoms with Gasteiger partial charge in [-0.1, -0.05) is 63.5 Å². The second kappa shape index (κ2) is 15.8. The third-order valence-corrected chi connectivity index (χ3v) is 3.56. The number of hydrogen-bond acceptors (Lipinski definition) is 2. The van der Waals surface area contributed by atoms with Crippen LogP contribution in [-0.4, -0.2) is 11.8 Å². The van der Waals surface area contributed by atoms with Gasteiger partial charge in [-0.3, -0.25) is 9.59 Å². The van der Waals surface area contributed by atoms with Crippen molar-refractivity contribution < 1.29 is 9.59 Å². The van der Waals surface area contributed by atoms with Crippen LogP contribution in [0.5, 0.6) is 0 Å². The molecule has 22 heavy (non-hydrogen) atoms. The van der Waals surface area contributed by atoms with Gasteiger partial charge in [0.15, 0.2) is 0 Å². The molecule has 0 aromatic carbocycles. The van der Waals surface area contributed by atoms with Crippen molar-refractivity contribution in [2.24, 2.45) is 11.5 Å². The van der Waals surface area contributed by atoms with Crippen molar-refractivity contribution in [1.29, 1.82) is 0 Å². The van der Waals surface area contributed by atoms with Crippen molar-refractivity contribution in [3.63, 3.8) is 0 Å². The van der Waals surface area contributed by atoms with E-state index >= 15 is 0 Å². The molecular weight excluding hydrogens is 276 g/mol. The zero-order valence-corrected chi connectivity index (χ0v) is 13.8. The predicted octanol–water partition coefficient (Wildman–Crippen LogP) is 3.75. The maximum Gasteiger partial charge on any atom is 0.241 e. The van der Waals surface area contributed by atoms with Gasteiger partial charge >= 0.3 is 0 Å². The summed E-state index contributed by atoms with van der Waals surface area (Å²) in [6.07, 6.45) is 21.1. The van der Waals surface area contributed by atoms with Crippen LogP contribution in [0.4, 0.5) is 0 Å². The van der Waals surface area contributed by atoms with Gasteiger partial charge < -0.3 is 11.5 Å². The van der Waals surface area contributed by atoms with E-state index in [9.17, 15) is 9.59 Å². The first kappa shape index (κ1) is 20.4. The number of hydrogen-bond donors (Lipinski definition) is 2. The molecule has 0 radical (unpaired) electrons. The molecule has 0 fully saturated rings. The standard InChI is InChI=1S/C18H32N2O2/c19-17(21)15-13-11-9-7-5-3-1-2-4-6-8-10-12-14-16-18(20)22/h13-16H,1-12H2,(H2,19,21)(H2,20,22). The van der Waals surface area contributed by atoms with Crippen molar-refractivity contribution in [1.82, 2.24) is 0 Å². The SMILES string of the molecule is NC(=O)C=CCCCCCCCCCCCCC=CC(N)=O. The lowest BCUT2D eigenvalue weighted by Gasteiger charge is -2.01. The minimum Gasteiger partial charge on any atom is -0.366 e. The molecule has 0 saturated heterocycles. The Morgan fingerprint density at radius 3 is 1.09 bits per heavy atom. The molecule has 0 aliphatic rings. The number of nitrogens with two attached hydrogens (primary N) is 2. The first-order valence-corrected chi connectivity index (χ1v) is 8.55. The Hall–Kier alpha value is -1.58. The van der Waals surface area contributed by atoms with Gasteiger partial charge in [0.1, 0.15) is 0 Å². The molecule has 0 unspecified atom stereocenters. The van der Waals surface area contributed by atoms with Gasteiger partial charge in [0.25, 0.3) is 0 Å². The Labute approximate surface area is 135 Å². The van der Waals surface area contributed by atoms with E-state index in [0.717, 1.165) is 25.7 Å². The second-order valence-electron chi connectivity index (χ2n) is 5.72. The van der Waals surface area contributed by atoms with Crippen molar-refractivity contribution >= 4 is 11.8 Å². The number of carbonyl (C=O) groups excluding carboxylic acids is 2. The van der Waals surface area contributed by atoms with E-state index in [2.05, 4.69) is 0 Å². The molecule has 4 nitrogen and oxygen atoms in total. The van der Waals surface area contributed by atoms with Crippen LogP contribution in [0, 0.1) is 0 Å². The first-order valence-electron chi connectivity index (χ1n) is 8.55. The molecule has 0 saturated carbocycles. The minimum atomic E-state index is -0.358. The van der Waals surface area contributed by atoms with Crippen molar-refractivity contribution in [2.45, 2.75) is 77.0 Å². The zero-order valence-electron chi connectivity index (χ0n) is 13.8. The molecule has 0 bridgehead atoms. The van der Waals surface area contributed by atoms with Crippen LogP contribution in [0.3, 0.4) is 0 Å². The highest BCUT2D eigenvalue weighted by Crippen LogP contribution is 2.12. The average Bonchev–Trinajstić information content (AvgIpc) is 2.46. The van der Waals surface area contributed by atoms with Crippen molar-refractivity contribution in [2.75, 3.05) is 0 Å². The quantitative estimate of drug-likeness (QED) is 0.356. The number of carbonyl (C=O) groups is 2. The molecular formula is C18H32N2O2. The molecule has 0 rings (SSSR count). The third kappa shape index (κ3) is 18.4. The highest BCUT2D eigenvalue weighted by atomic mass is 16.1. The molecule has 0 atom stereocenters. The van der Waals surface area contributed by atoms with E-state index in [1.165, 1.54) is 63.5 Å². The maximum atomic E-state index is 10.5. The smallest absolute Gasteiger partial charge is 0.241 e. The van der Waals surface area contributed by atoms with Gasteiger partial charge in [-0.2, -0.15) is 0 Å². The molecule has 0 aliphatic carbocycles. The Balaban J connectivity index is 3.11. The lowest BCUT2D eigenvalue weighted by Crippen LogP contribution is -2.05. The summed E-state index contributed by atoms with van der Waals surface area (Å²) in [6, 6.07) is 0. The van der Waals surface area contributed by atoms with Gasteiger partial charge in [-0.25, -0.2) is 0 Å². The summed E-state index contributed by atoms with van der Waals surface area (Å²) >= 11 is 0. The number of primary amides is 2. The van der Waals surface area contributed by atoms with Gasteiger partial charge in [-0.15, -0.1) is 0 Å². The van der Waals surface area contributed by atoms with E-state index in [1.807, 2.05) is 12.2 Å². The molecule has 0 heterocycles. The summed E-state index contributed by atoms with van der Waals surface area (Å²) in [7, 11) is 0. The van der Waals surface area contributed by atoms with E-state index in [4.69, 9.17) is 11.5 Å². The monoisotopic (exact) mass is 308 g/mol. The zero-order chi connectivity index (χ0) is 16.5. The molecule has 0 aromatic heterocycles. The van der Waals surface area contributed by atoms with Gasteiger partial charge in [0.2, 0.25) is 11.8 Å². The fraction of sp³-hybridized carbons (Fsp3) is 0.667. The second-order valence-corrected chi connectivity index (χ2v) is 5.72. The Morgan fingerprint density at radius 1 is 0.545 bits per heavy atom. The van der Waals surface area contributed by atoms with Crippen LogP contribution in [-0.2, 0) is 9.59 Å². The fourth-order valence-electron chi connectivity index (χ4n) is 2.34. The predicted molar refractivity (Wildman–Crippen MR) is 92.1 cm³/mol. The largest absolute Gasteiger partial charge is 0.366 e. The van der Waals surface area contributed by atoms with E-state index in [0.29, 0.717) is 0 Å². The fourth-order valence-corrected chi connectivity index (χ4v) is 2.34. The lowest BCUT2D eigenvalue weighted by molar-refractivity contribution is -0.114. The summed E-state index contributed by atoms with van der Waals surface area (Å²) in [6.45, 7) is 0. The summed E-state index contributed by atoms with van der Waals surface area (Å²) in [5.74, 6) is -0.715. The molecule has 4 heteroatoms. The van der Waals surface area contributed by atoms with Gasteiger partial charge in [-0.05, 0) is 37.8 Å². The topological polar surface area (TPSA) is 86.2 Å². The molecule has 0 spiro atoms. The Morgan fingerprint density at radius 2 is 0.818 bits per heavy atom. The van der Waals surface area contributed by atoms with Crippen molar-refractivity contribution in [3.05, 3.63) is 24.3 Å². The van der Waals surface area contributed by atoms with Crippen LogP contribution in [0.25, 0.3) is 0 Å². The minimum absolute atomic E-state index is 0.358. The maximum absolute atomic E-state index is 10.5. The first-order chi connectivity index (χ1) is 10.6. The van der Waals surface area contributed by atoms with E-state index in [-0.39, 0.29) is 11.8 Å². The van der Waals surface area contributed by atoms with Crippen LogP contribution in [0.15, 0.2) is 24.3 Å². The molecule has 126 valence electrons. The lowest BCUT2D eigenvalue weighted by atomic mass is 10.0. The van der Waals surface area contributed by atoms with Crippen molar-refractivity contribution in [3.8, 4) is 0 Å². The van der Waals surface area contributed by atoms with Crippen LogP contribution < -0.4 is 11.5 Å². The number of amides is 2. The van der Waals surface area contributed by atoms with E-state index in [1.54, 1.807) is 0 Å². The van der Waals surface area contributed by atoms with Gasteiger partial charge in [0.05, 0.1) is 0 Å². The molecule has 0 aliphatic heterocycles. The Bertz CT molecular complexity index is 315. The number of unbranched alkanes of at least 4 members (excludes halogenated alkanes) is 11. The summed E-state index contributed by atoms with van der Waals surface area (Å²) in [4.78, 5) is 20.9. The van der Waals surface area contributed by atoms with Gasteiger partial charge in [0, 0.05) is 0 Å². The highest BCUT2D eigenvalue weighted by Gasteiger charge is 1.93. The summed E-state index contributed by atoms with van der Waals surface area (Å²) < 4.78 is 0. The summed E-state index contributed by atoms with van der Waals surface area (Å²) in [5.41, 5.74) is 10.0. The Kier molecular flexibility index (Phi) is 14.7. The highest BCUT2D eigenvalue weighted by molar-refractivity contribution is 5.85. The normalized spacial score (nSPS) is 11.5. The third-order valence-electron chi connectivity index (χ3n) is 3.56. The average molecular weight is 308 g/mol. The van der Waals surface area contributed by atoms with Crippen LogP contribution in [0.1, 0.15) is 77.0 Å².